The lowest BCUT2D eigenvalue weighted by molar-refractivity contribution is 0.708. The largest absolute Gasteiger partial charge is 0.308 e. The minimum Gasteiger partial charge on any atom is -0.308 e. The van der Waals surface area contributed by atoms with Gasteiger partial charge in [-0.3, -0.25) is 0 Å². The number of nitrogens with one attached hydrogen (secondary N) is 1. The first-order valence-electron chi connectivity index (χ1n) is 7.02. The fraction of sp³-hybridized carbons (Fsp3) is 0.500. The van der Waals surface area contributed by atoms with Gasteiger partial charge in [0.1, 0.15) is 11.6 Å². The van der Waals surface area contributed by atoms with Crippen LogP contribution in [0.15, 0.2) is 5.38 Å². The number of rotatable bonds is 3. The number of nitrogen functional groups attached to an aromatic ring is 1. The Labute approximate surface area is 122 Å². The van der Waals surface area contributed by atoms with Crippen LogP contribution >= 0.6 is 11.3 Å². The summed E-state index contributed by atoms with van der Waals surface area (Å²) < 4.78 is 0. The Morgan fingerprint density at radius 3 is 2.80 bits per heavy atom. The first kappa shape index (κ1) is 13.5. The molecule has 0 atom stereocenters. The molecule has 3 N–H and O–H groups in total. The number of fused-ring (bicyclic) bond motifs is 1. The summed E-state index contributed by atoms with van der Waals surface area (Å²) in [5.74, 6) is 7.24. The molecule has 0 unspecified atom stereocenters. The summed E-state index contributed by atoms with van der Waals surface area (Å²) in [7, 11) is 0. The molecule has 0 aromatic carbocycles. The van der Waals surface area contributed by atoms with Crippen molar-refractivity contribution in [3.63, 3.8) is 0 Å². The van der Waals surface area contributed by atoms with Crippen LogP contribution in [0.4, 0.5) is 5.82 Å². The van der Waals surface area contributed by atoms with Gasteiger partial charge in [-0.15, -0.1) is 11.3 Å². The molecule has 1 aliphatic carbocycles. The van der Waals surface area contributed by atoms with E-state index in [4.69, 9.17) is 10.8 Å². The van der Waals surface area contributed by atoms with Gasteiger partial charge in [0.15, 0.2) is 0 Å². The number of aromatic nitrogens is 3. The molecular formula is C14H19N5S. The van der Waals surface area contributed by atoms with Crippen molar-refractivity contribution in [3.05, 3.63) is 33.2 Å². The van der Waals surface area contributed by atoms with E-state index in [0.717, 1.165) is 40.9 Å². The van der Waals surface area contributed by atoms with E-state index in [-0.39, 0.29) is 0 Å². The summed E-state index contributed by atoms with van der Waals surface area (Å²) in [6, 6.07) is 0. The van der Waals surface area contributed by atoms with Gasteiger partial charge < -0.3 is 5.43 Å². The molecule has 0 spiro atoms. The molecule has 20 heavy (non-hydrogen) atoms. The highest BCUT2D eigenvalue weighted by atomic mass is 32.1. The van der Waals surface area contributed by atoms with Crippen LogP contribution in [0.1, 0.15) is 47.0 Å². The first-order valence-corrected chi connectivity index (χ1v) is 7.90. The van der Waals surface area contributed by atoms with Crippen molar-refractivity contribution >= 4 is 17.2 Å². The van der Waals surface area contributed by atoms with Crippen molar-refractivity contribution in [3.8, 4) is 0 Å². The highest BCUT2D eigenvalue weighted by Gasteiger charge is 2.16. The molecule has 0 saturated carbocycles. The van der Waals surface area contributed by atoms with Crippen LogP contribution in [0.3, 0.4) is 0 Å². The Morgan fingerprint density at radius 2 is 2.05 bits per heavy atom. The maximum Gasteiger partial charge on any atom is 0.147 e. The van der Waals surface area contributed by atoms with Crippen molar-refractivity contribution in [2.45, 2.75) is 45.4 Å². The van der Waals surface area contributed by atoms with Crippen LogP contribution in [-0.4, -0.2) is 15.0 Å². The van der Waals surface area contributed by atoms with E-state index in [1.165, 1.54) is 24.8 Å². The van der Waals surface area contributed by atoms with Gasteiger partial charge in [-0.2, -0.15) is 0 Å². The van der Waals surface area contributed by atoms with E-state index in [2.05, 4.69) is 20.8 Å². The summed E-state index contributed by atoms with van der Waals surface area (Å²) in [4.78, 5) is 13.8. The predicted molar refractivity (Wildman–Crippen MR) is 80.8 cm³/mol. The number of hydrogen-bond donors (Lipinski definition) is 2. The van der Waals surface area contributed by atoms with Crippen molar-refractivity contribution in [1.29, 1.82) is 0 Å². The SMILES string of the molecule is Cc1nc(Cc2nc3c(c(NN)n2)CCCCC3)cs1. The number of thiazole rings is 1. The van der Waals surface area contributed by atoms with E-state index >= 15 is 0 Å². The molecule has 2 heterocycles. The molecule has 0 amide bonds. The smallest absolute Gasteiger partial charge is 0.147 e. The van der Waals surface area contributed by atoms with Gasteiger partial charge in [-0.1, -0.05) is 6.42 Å². The number of hydrogen-bond acceptors (Lipinski definition) is 6. The Morgan fingerprint density at radius 1 is 1.20 bits per heavy atom. The molecule has 0 saturated heterocycles. The predicted octanol–water partition coefficient (Wildman–Crippen LogP) is 2.39. The molecule has 1 aliphatic rings. The van der Waals surface area contributed by atoms with Gasteiger partial charge in [-0.05, 0) is 32.6 Å². The average Bonchev–Trinajstić information content (AvgIpc) is 2.71. The van der Waals surface area contributed by atoms with Gasteiger partial charge in [-0.25, -0.2) is 20.8 Å². The van der Waals surface area contributed by atoms with Crippen molar-refractivity contribution in [2.24, 2.45) is 5.84 Å². The van der Waals surface area contributed by atoms with E-state index in [1.54, 1.807) is 11.3 Å². The zero-order valence-corrected chi connectivity index (χ0v) is 12.5. The van der Waals surface area contributed by atoms with Crippen LogP contribution < -0.4 is 11.3 Å². The van der Waals surface area contributed by atoms with Crippen molar-refractivity contribution in [2.75, 3.05) is 5.43 Å². The number of aryl methyl sites for hydroxylation is 2. The van der Waals surface area contributed by atoms with Gasteiger partial charge in [0.25, 0.3) is 0 Å². The molecule has 0 radical (unpaired) electrons. The van der Waals surface area contributed by atoms with Crippen LogP contribution in [0.5, 0.6) is 0 Å². The fourth-order valence-corrected chi connectivity index (χ4v) is 3.28. The van der Waals surface area contributed by atoms with E-state index < -0.39 is 0 Å². The van der Waals surface area contributed by atoms with Crippen molar-refractivity contribution < 1.29 is 0 Å². The van der Waals surface area contributed by atoms with Gasteiger partial charge >= 0.3 is 0 Å². The molecule has 0 bridgehead atoms. The lowest BCUT2D eigenvalue weighted by Gasteiger charge is -2.12. The highest BCUT2D eigenvalue weighted by Crippen LogP contribution is 2.25. The quantitative estimate of drug-likeness (QED) is 0.515. The Balaban J connectivity index is 1.93. The summed E-state index contributed by atoms with van der Waals surface area (Å²) in [6.45, 7) is 2.01. The topological polar surface area (TPSA) is 76.7 Å². The van der Waals surface area contributed by atoms with E-state index in [0.29, 0.717) is 6.42 Å². The van der Waals surface area contributed by atoms with Gasteiger partial charge in [0.2, 0.25) is 0 Å². The second-order valence-corrected chi connectivity index (χ2v) is 6.22. The third-order valence-electron chi connectivity index (χ3n) is 3.62. The van der Waals surface area contributed by atoms with Crippen LogP contribution in [-0.2, 0) is 19.3 Å². The molecule has 6 heteroatoms. The van der Waals surface area contributed by atoms with Crippen LogP contribution in [0, 0.1) is 6.92 Å². The molecule has 0 aliphatic heterocycles. The molecule has 106 valence electrons. The standard InChI is InChI=1S/C14H19N5S/c1-9-16-10(8-20-9)7-13-17-12-6-4-2-3-5-11(12)14(18-13)19-15/h8H,2-7,15H2,1H3,(H,17,18,19). The third-order valence-corrected chi connectivity index (χ3v) is 4.44. The lowest BCUT2D eigenvalue weighted by atomic mass is 10.1. The number of hydrazine groups is 1. The first-order chi connectivity index (χ1) is 9.76. The fourth-order valence-electron chi connectivity index (χ4n) is 2.67. The van der Waals surface area contributed by atoms with Gasteiger partial charge in [0.05, 0.1) is 17.1 Å². The highest BCUT2D eigenvalue weighted by molar-refractivity contribution is 7.09. The average molecular weight is 289 g/mol. The van der Waals surface area contributed by atoms with E-state index in [9.17, 15) is 0 Å². The summed E-state index contributed by atoms with van der Waals surface area (Å²) in [5.41, 5.74) is 6.13. The molecule has 0 fully saturated rings. The second kappa shape index (κ2) is 5.85. The number of nitrogens with zero attached hydrogens (tertiary/aromatic N) is 3. The van der Waals surface area contributed by atoms with Crippen LogP contribution in [0.25, 0.3) is 0 Å². The maximum absolute atomic E-state index is 5.64. The van der Waals surface area contributed by atoms with Crippen molar-refractivity contribution in [1.82, 2.24) is 15.0 Å². The molecule has 3 rings (SSSR count). The Kier molecular flexibility index (Phi) is 3.93. The molecule has 2 aromatic heterocycles. The minimum atomic E-state index is 0.673. The lowest BCUT2D eigenvalue weighted by Crippen LogP contribution is -2.15. The Bertz CT molecular complexity index is 608. The second-order valence-electron chi connectivity index (χ2n) is 5.15. The maximum atomic E-state index is 5.64. The van der Waals surface area contributed by atoms with E-state index in [1.807, 2.05) is 6.92 Å². The zero-order valence-electron chi connectivity index (χ0n) is 11.6. The normalized spacial score (nSPS) is 14.7. The Hall–Kier alpha value is -1.53. The number of anilines is 1. The zero-order chi connectivity index (χ0) is 13.9. The summed E-state index contributed by atoms with van der Waals surface area (Å²) in [6.07, 6.45) is 6.35. The molecule has 2 aromatic rings. The summed E-state index contributed by atoms with van der Waals surface area (Å²) in [5, 5.41) is 3.15. The molecule has 5 nitrogen and oxygen atoms in total. The van der Waals surface area contributed by atoms with Crippen LogP contribution in [0.2, 0.25) is 0 Å². The number of nitrogens with two attached hydrogens (primary N) is 1. The third kappa shape index (κ3) is 2.81. The summed E-state index contributed by atoms with van der Waals surface area (Å²) >= 11 is 1.66. The monoisotopic (exact) mass is 289 g/mol. The minimum absolute atomic E-state index is 0.673. The molecular weight excluding hydrogens is 270 g/mol. The van der Waals surface area contributed by atoms with Gasteiger partial charge in [0, 0.05) is 16.6 Å².